The highest BCUT2D eigenvalue weighted by molar-refractivity contribution is 9.10. The van der Waals surface area contributed by atoms with Gasteiger partial charge >= 0.3 is 5.97 Å². The molecular weight excluding hydrogens is 568 g/mol. The summed E-state index contributed by atoms with van der Waals surface area (Å²) in [7, 11) is 0. The van der Waals surface area contributed by atoms with E-state index in [0.717, 1.165) is 15.8 Å². The van der Waals surface area contributed by atoms with Crippen LogP contribution in [0.15, 0.2) is 68.0 Å². The van der Waals surface area contributed by atoms with Gasteiger partial charge in [0, 0.05) is 5.56 Å². The molecule has 1 aromatic heterocycles. The Balaban J connectivity index is 1.91. The molecule has 0 amide bonds. The van der Waals surface area contributed by atoms with Crippen LogP contribution in [0.4, 0.5) is 0 Å². The van der Waals surface area contributed by atoms with Crippen molar-refractivity contribution in [2.45, 2.75) is 59.8 Å². The van der Waals surface area contributed by atoms with Crippen LogP contribution in [0, 0.1) is 0 Å². The Kier molecular flexibility index (Phi) is 8.57. The summed E-state index contributed by atoms with van der Waals surface area (Å²) in [6.45, 7) is 11.5. The Morgan fingerprint density at radius 2 is 1.79 bits per heavy atom. The van der Waals surface area contributed by atoms with Crippen LogP contribution < -0.4 is 24.4 Å². The average molecular weight is 600 g/mol. The molecule has 3 aromatic rings. The lowest BCUT2D eigenvalue weighted by Crippen LogP contribution is -2.40. The molecule has 7 nitrogen and oxygen atoms in total. The average Bonchev–Trinajstić information content (AvgIpc) is 3.14. The number of halogens is 1. The van der Waals surface area contributed by atoms with E-state index < -0.39 is 12.0 Å². The Bertz CT molecular complexity index is 1570. The number of fused-ring (bicyclic) bond motifs is 1. The molecule has 1 atom stereocenters. The maximum absolute atomic E-state index is 13.9. The number of allylic oxidation sites excluding steroid dienone is 1. The second-order valence-electron chi connectivity index (χ2n) is 9.36. The first-order valence-corrected chi connectivity index (χ1v) is 14.1. The zero-order valence-electron chi connectivity index (χ0n) is 22.3. The molecule has 1 aliphatic heterocycles. The smallest absolute Gasteiger partial charge is 0.338 e. The van der Waals surface area contributed by atoms with Gasteiger partial charge in [-0.25, -0.2) is 9.79 Å². The summed E-state index contributed by atoms with van der Waals surface area (Å²) in [5, 5.41) is 0. The number of hydrogen-bond acceptors (Lipinski definition) is 7. The third kappa shape index (κ3) is 5.78. The van der Waals surface area contributed by atoms with Crippen LogP contribution in [0.1, 0.15) is 58.7 Å². The molecule has 0 spiro atoms. The van der Waals surface area contributed by atoms with E-state index >= 15 is 0 Å². The number of nitrogens with zero attached hydrogens (tertiary/aromatic N) is 2. The molecule has 4 rings (SSSR count). The van der Waals surface area contributed by atoms with E-state index in [9.17, 15) is 9.59 Å². The topological polar surface area (TPSA) is 79.1 Å². The Hall–Kier alpha value is -3.17. The van der Waals surface area contributed by atoms with E-state index in [1.54, 1.807) is 18.4 Å². The number of esters is 1. The van der Waals surface area contributed by atoms with E-state index in [1.807, 2.05) is 76.2 Å². The highest BCUT2D eigenvalue weighted by Crippen LogP contribution is 2.36. The number of rotatable bonds is 8. The third-order valence-corrected chi connectivity index (χ3v) is 7.31. The normalized spacial score (nSPS) is 15.5. The Morgan fingerprint density at radius 3 is 2.45 bits per heavy atom. The number of benzene rings is 2. The Labute approximate surface area is 234 Å². The molecule has 38 heavy (non-hydrogen) atoms. The molecule has 1 aliphatic rings. The van der Waals surface area contributed by atoms with Gasteiger partial charge in [0.05, 0.1) is 39.1 Å². The minimum Gasteiger partial charge on any atom is -0.491 e. The fraction of sp³-hybridized carbons (Fsp3) is 0.345. The van der Waals surface area contributed by atoms with Gasteiger partial charge in [0.25, 0.3) is 5.56 Å². The fourth-order valence-electron chi connectivity index (χ4n) is 4.26. The fourth-order valence-corrected chi connectivity index (χ4v) is 5.80. The van der Waals surface area contributed by atoms with Gasteiger partial charge in [0.2, 0.25) is 0 Å². The molecule has 0 fully saturated rings. The summed E-state index contributed by atoms with van der Waals surface area (Å²) < 4.78 is 20.2. The molecular formula is C29H31BrN2O5S. The number of ether oxygens (including phenoxy) is 3. The van der Waals surface area contributed by atoms with Crippen LogP contribution in [-0.4, -0.2) is 29.4 Å². The minimum atomic E-state index is -0.740. The van der Waals surface area contributed by atoms with Crippen LogP contribution in [0.3, 0.4) is 0 Å². The monoisotopic (exact) mass is 598 g/mol. The third-order valence-electron chi connectivity index (χ3n) is 5.71. The number of para-hydroxylation sites is 1. The summed E-state index contributed by atoms with van der Waals surface area (Å²) in [5.41, 5.74) is 2.12. The van der Waals surface area contributed by atoms with Crippen molar-refractivity contribution in [2.75, 3.05) is 6.61 Å². The minimum absolute atomic E-state index is 0.0419. The molecule has 2 aromatic carbocycles. The van der Waals surface area contributed by atoms with Gasteiger partial charge < -0.3 is 14.2 Å². The number of aromatic nitrogens is 1. The first kappa shape index (κ1) is 27.9. The molecule has 0 radical (unpaired) electrons. The molecule has 0 saturated heterocycles. The molecule has 0 bridgehead atoms. The van der Waals surface area contributed by atoms with E-state index in [0.29, 0.717) is 31.9 Å². The second kappa shape index (κ2) is 11.7. The maximum atomic E-state index is 13.9. The van der Waals surface area contributed by atoms with Crippen molar-refractivity contribution < 1.29 is 19.0 Å². The van der Waals surface area contributed by atoms with Crippen molar-refractivity contribution in [3.63, 3.8) is 0 Å². The van der Waals surface area contributed by atoms with Crippen LogP contribution in [0.5, 0.6) is 11.5 Å². The quantitative estimate of drug-likeness (QED) is 0.336. The number of carbonyl (C=O) groups excluding carboxylic acids is 1. The summed E-state index contributed by atoms with van der Waals surface area (Å²) in [4.78, 5) is 32.2. The maximum Gasteiger partial charge on any atom is 0.338 e. The highest BCUT2D eigenvalue weighted by atomic mass is 79.9. The van der Waals surface area contributed by atoms with Crippen LogP contribution in [0.25, 0.3) is 6.08 Å². The molecule has 0 N–H and O–H groups in total. The van der Waals surface area contributed by atoms with E-state index in [4.69, 9.17) is 14.2 Å². The van der Waals surface area contributed by atoms with E-state index in [1.165, 1.54) is 11.3 Å². The molecule has 0 aliphatic carbocycles. The predicted octanol–water partition coefficient (Wildman–Crippen LogP) is 5.14. The van der Waals surface area contributed by atoms with Crippen molar-refractivity contribution >= 4 is 39.3 Å². The highest BCUT2D eigenvalue weighted by Gasteiger charge is 2.35. The lowest BCUT2D eigenvalue weighted by molar-refractivity contribution is -0.139. The van der Waals surface area contributed by atoms with Gasteiger partial charge in [-0.3, -0.25) is 9.36 Å². The van der Waals surface area contributed by atoms with Gasteiger partial charge in [-0.15, -0.1) is 0 Å². The van der Waals surface area contributed by atoms with Crippen molar-refractivity contribution in [2.24, 2.45) is 4.99 Å². The van der Waals surface area contributed by atoms with Crippen molar-refractivity contribution in [3.05, 3.63) is 89.0 Å². The van der Waals surface area contributed by atoms with Gasteiger partial charge in [-0.2, -0.15) is 0 Å². The summed E-state index contributed by atoms with van der Waals surface area (Å²) in [6, 6.07) is 12.4. The molecule has 200 valence electrons. The first-order valence-electron chi connectivity index (χ1n) is 12.5. The lowest BCUT2D eigenvalue weighted by Gasteiger charge is -2.26. The van der Waals surface area contributed by atoms with Gasteiger partial charge in [0.1, 0.15) is 17.5 Å². The van der Waals surface area contributed by atoms with E-state index in [2.05, 4.69) is 20.9 Å². The van der Waals surface area contributed by atoms with Crippen LogP contribution in [0.2, 0.25) is 0 Å². The van der Waals surface area contributed by atoms with E-state index in [-0.39, 0.29) is 24.4 Å². The lowest BCUT2D eigenvalue weighted by atomic mass is 9.95. The number of thiazole rings is 1. The number of hydrogen-bond donors (Lipinski definition) is 0. The summed E-state index contributed by atoms with van der Waals surface area (Å²) >= 11 is 4.84. The molecule has 0 unspecified atom stereocenters. The zero-order chi connectivity index (χ0) is 27.6. The van der Waals surface area contributed by atoms with Gasteiger partial charge in [0.15, 0.2) is 4.80 Å². The van der Waals surface area contributed by atoms with Crippen molar-refractivity contribution in [1.82, 2.24) is 4.57 Å². The zero-order valence-corrected chi connectivity index (χ0v) is 24.7. The van der Waals surface area contributed by atoms with Gasteiger partial charge in [-0.05, 0) is 87.3 Å². The summed E-state index contributed by atoms with van der Waals surface area (Å²) in [6.07, 6.45) is 1.77. The SMILES string of the molecule is CCOC(=O)C1=C(C)N=c2s/c(=C\c3ccc(OC(C)C)c(Br)c3)c(=O)n2[C@@H]1c1ccccc1OC(C)C. The second-order valence-corrected chi connectivity index (χ2v) is 11.2. The molecule has 0 saturated carbocycles. The standard InChI is InChI=1S/C29H31BrN2O5S/c1-7-35-28(34)25-18(6)31-29-32(26(25)20-10-8-9-11-22(20)36-16(2)3)27(33)24(38-29)15-19-12-13-23(21(30)14-19)37-17(4)5/h8-17,26H,7H2,1-6H3/b24-15-/t26-/m1/s1. The molecule has 9 heteroatoms. The number of carbonyl (C=O) groups is 1. The predicted molar refractivity (Wildman–Crippen MR) is 153 cm³/mol. The first-order chi connectivity index (χ1) is 18.1. The van der Waals surface area contributed by atoms with Crippen LogP contribution >= 0.6 is 27.3 Å². The largest absolute Gasteiger partial charge is 0.491 e. The van der Waals surface area contributed by atoms with Crippen molar-refractivity contribution in [3.8, 4) is 11.5 Å². The van der Waals surface area contributed by atoms with Crippen LogP contribution in [-0.2, 0) is 9.53 Å². The van der Waals surface area contributed by atoms with Crippen molar-refractivity contribution in [1.29, 1.82) is 0 Å². The van der Waals surface area contributed by atoms with Gasteiger partial charge in [-0.1, -0.05) is 35.6 Å². The molecule has 2 heterocycles. The Morgan fingerprint density at radius 1 is 1.11 bits per heavy atom. The summed E-state index contributed by atoms with van der Waals surface area (Å²) in [5.74, 6) is 0.829.